The standard InChI is InChI=1S/C49H57N7O6/c1-26(2)40(54-47(59)61-5)43(57)36-22-49(17-18-49)23-37(36)44-50-25-39(52-44)33-14-13-31-19-30(11-12-32(31)20-33)28-7-9-29(10-8-28)38-24-51-45(53-38)42-34-15-16-35(21-34)56(42)46(58)41(27(3)4)55-48(60)62-6/h7-14,19-20,24-27,34-37,40-42H,15-18,21-23H2,1-6H3,(H,50,52)(H,51,53)(H,54,59)(H,55,60)/t34-,35+,36?,37+,40-,41-,42-/m0/s1. The van der Waals surface area contributed by atoms with E-state index in [4.69, 9.17) is 19.4 Å². The quantitative estimate of drug-likeness (QED) is 0.0965. The van der Waals surface area contributed by atoms with Gasteiger partial charge in [-0.1, -0.05) is 76.2 Å². The summed E-state index contributed by atoms with van der Waals surface area (Å²) in [5.41, 5.74) is 6.22. The lowest BCUT2D eigenvalue weighted by molar-refractivity contribution is -0.139. The Kier molecular flexibility index (Phi) is 10.9. The third-order valence-corrected chi connectivity index (χ3v) is 14.3. The topological polar surface area (TPSA) is 171 Å². The van der Waals surface area contributed by atoms with E-state index >= 15 is 0 Å². The van der Waals surface area contributed by atoms with Crippen LogP contribution in [-0.2, 0) is 19.1 Å². The van der Waals surface area contributed by atoms with E-state index in [2.05, 4.69) is 81.3 Å². The van der Waals surface area contributed by atoms with E-state index in [9.17, 15) is 19.2 Å². The van der Waals surface area contributed by atoms with Crippen molar-refractivity contribution >= 4 is 34.6 Å². The number of ketones is 1. The van der Waals surface area contributed by atoms with Crippen LogP contribution in [-0.4, -0.2) is 81.1 Å². The molecule has 5 aromatic rings. The molecule has 13 nitrogen and oxygen atoms in total. The van der Waals surface area contributed by atoms with Gasteiger partial charge in [0.2, 0.25) is 5.91 Å². The lowest BCUT2D eigenvalue weighted by Gasteiger charge is -2.37. The van der Waals surface area contributed by atoms with Crippen molar-refractivity contribution in [3.8, 4) is 33.6 Å². The number of carbonyl (C=O) groups excluding carboxylic acids is 4. The maximum atomic E-state index is 14.0. The lowest BCUT2D eigenvalue weighted by Crippen LogP contribution is -2.54. The van der Waals surface area contributed by atoms with Gasteiger partial charge in [-0.3, -0.25) is 9.59 Å². The molecule has 1 saturated heterocycles. The fourth-order valence-corrected chi connectivity index (χ4v) is 10.7. The summed E-state index contributed by atoms with van der Waals surface area (Å²) in [6.07, 6.45) is 9.47. The number of methoxy groups -OCH3 is 2. The number of ether oxygens (including phenoxy) is 2. The number of Topliss-reactive ketones (excluding diaryl/α,β-unsaturated/α-hetero) is 1. The first-order chi connectivity index (χ1) is 29.8. The highest BCUT2D eigenvalue weighted by Gasteiger charge is 2.56. The zero-order valence-corrected chi connectivity index (χ0v) is 36.4. The van der Waals surface area contributed by atoms with Crippen molar-refractivity contribution in [3.63, 3.8) is 0 Å². The van der Waals surface area contributed by atoms with Gasteiger partial charge in [0.15, 0.2) is 5.78 Å². The lowest BCUT2D eigenvalue weighted by atomic mass is 9.84. The van der Waals surface area contributed by atoms with Gasteiger partial charge in [0, 0.05) is 23.4 Å². The number of aromatic nitrogens is 4. The highest BCUT2D eigenvalue weighted by atomic mass is 16.5. The van der Waals surface area contributed by atoms with Crippen LogP contribution in [0.2, 0.25) is 0 Å². The largest absolute Gasteiger partial charge is 0.453 e. The van der Waals surface area contributed by atoms with Crippen molar-refractivity contribution in [1.29, 1.82) is 0 Å². The average molecular weight is 840 g/mol. The number of nitrogens with one attached hydrogen (secondary N) is 4. The number of rotatable bonds is 12. The zero-order chi connectivity index (χ0) is 43.4. The molecule has 4 fully saturated rings. The van der Waals surface area contributed by atoms with Gasteiger partial charge in [0.25, 0.3) is 0 Å². The number of likely N-dealkylation sites (tertiary alicyclic amines) is 1. The molecule has 1 aliphatic heterocycles. The Labute approximate surface area is 362 Å². The molecule has 1 unspecified atom stereocenters. The van der Waals surface area contributed by atoms with Crippen molar-refractivity contribution in [3.05, 3.63) is 84.7 Å². The number of alkyl carbamates (subject to hydrolysis) is 2. The summed E-state index contributed by atoms with van der Waals surface area (Å²) in [6, 6.07) is 20.0. The molecule has 4 N–H and O–H groups in total. The molecular weight excluding hydrogens is 783 g/mol. The number of aromatic amines is 2. The van der Waals surface area contributed by atoms with Crippen molar-refractivity contribution in [2.24, 2.45) is 29.1 Å². The van der Waals surface area contributed by atoms with Crippen LogP contribution in [0.3, 0.4) is 0 Å². The number of nitrogens with zero attached hydrogens (tertiary/aromatic N) is 3. The molecule has 62 heavy (non-hydrogen) atoms. The summed E-state index contributed by atoms with van der Waals surface area (Å²) < 4.78 is 9.67. The minimum absolute atomic E-state index is 0.0339. The average Bonchev–Trinajstić information content (AvgIpc) is 3.91. The SMILES string of the molecule is COC(=O)N[C@H](C(=O)C1CC2(CC2)C[C@H]1c1ncc(-c2ccc3cc(-c4ccc(-c5cnc([C@@H]6[C@H]7CC[C@H](C7)N6C(=O)[C@@H](NC(=O)OC)C(C)C)[nH]5)cc4)ccc3c2)[nH]1)C(C)C. The molecule has 1 spiro atoms. The number of imidazole rings is 2. The van der Waals surface area contributed by atoms with Gasteiger partial charge in [-0.25, -0.2) is 19.6 Å². The maximum Gasteiger partial charge on any atom is 0.407 e. The molecule has 3 aliphatic carbocycles. The number of amides is 3. The fourth-order valence-electron chi connectivity index (χ4n) is 10.7. The summed E-state index contributed by atoms with van der Waals surface area (Å²) in [5, 5.41) is 7.79. The van der Waals surface area contributed by atoms with Crippen LogP contribution in [0.5, 0.6) is 0 Å². The van der Waals surface area contributed by atoms with Crippen molar-refractivity contribution in [1.82, 2.24) is 35.5 Å². The molecule has 3 saturated carbocycles. The van der Waals surface area contributed by atoms with E-state index < -0.39 is 24.3 Å². The number of H-pyrrole nitrogens is 2. The summed E-state index contributed by atoms with van der Waals surface area (Å²) >= 11 is 0. The number of carbonyl (C=O) groups is 4. The summed E-state index contributed by atoms with van der Waals surface area (Å²) in [7, 11) is 2.63. The monoisotopic (exact) mass is 839 g/mol. The normalized spacial score (nSPS) is 23.2. The van der Waals surface area contributed by atoms with Gasteiger partial charge >= 0.3 is 12.2 Å². The molecule has 3 amide bonds. The second-order valence-corrected chi connectivity index (χ2v) is 18.9. The molecule has 3 aromatic carbocycles. The second kappa shape index (κ2) is 16.4. The van der Waals surface area contributed by atoms with E-state index in [0.717, 1.165) is 101 Å². The molecule has 13 heteroatoms. The smallest absolute Gasteiger partial charge is 0.407 e. The van der Waals surface area contributed by atoms with Gasteiger partial charge in [-0.05, 0) is 108 Å². The number of fused-ring (bicyclic) bond motifs is 3. The predicted molar refractivity (Wildman–Crippen MR) is 236 cm³/mol. The molecular formula is C49H57N7O6. The number of hydrogen-bond donors (Lipinski definition) is 4. The Morgan fingerprint density at radius 1 is 0.710 bits per heavy atom. The molecule has 2 aromatic heterocycles. The van der Waals surface area contributed by atoms with E-state index in [0.29, 0.717) is 5.92 Å². The van der Waals surface area contributed by atoms with E-state index in [1.807, 2.05) is 45.0 Å². The Bertz CT molecular complexity index is 2500. The Hall–Kier alpha value is -5.98. The van der Waals surface area contributed by atoms with Crippen LogP contribution in [0.1, 0.15) is 96.2 Å². The van der Waals surface area contributed by atoms with E-state index in [-0.39, 0.29) is 52.9 Å². The molecule has 9 rings (SSSR count). The third-order valence-electron chi connectivity index (χ3n) is 14.3. The Morgan fingerprint density at radius 2 is 1.27 bits per heavy atom. The van der Waals surface area contributed by atoms with E-state index in [1.54, 1.807) is 0 Å². The predicted octanol–water partition coefficient (Wildman–Crippen LogP) is 8.94. The summed E-state index contributed by atoms with van der Waals surface area (Å²) in [6.45, 7) is 7.77. The number of piperidine rings is 1. The van der Waals surface area contributed by atoms with Crippen molar-refractivity contribution < 1.29 is 28.7 Å². The van der Waals surface area contributed by atoms with Crippen LogP contribution < -0.4 is 10.6 Å². The van der Waals surface area contributed by atoms with Gasteiger partial charge in [0.1, 0.15) is 17.7 Å². The molecule has 0 radical (unpaired) electrons. The summed E-state index contributed by atoms with van der Waals surface area (Å²) in [5.74, 6) is 1.48. The second-order valence-electron chi connectivity index (χ2n) is 18.9. The first-order valence-electron chi connectivity index (χ1n) is 22.1. The molecule has 324 valence electrons. The van der Waals surface area contributed by atoms with Crippen LogP contribution >= 0.6 is 0 Å². The Balaban J connectivity index is 0.893. The highest BCUT2D eigenvalue weighted by molar-refractivity contribution is 5.92. The van der Waals surface area contributed by atoms with Crippen LogP contribution in [0.4, 0.5) is 9.59 Å². The number of hydrogen-bond acceptors (Lipinski definition) is 8. The maximum absolute atomic E-state index is 14.0. The Morgan fingerprint density at radius 3 is 1.92 bits per heavy atom. The molecule has 2 bridgehead atoms. The third kappa shape index (κ3) is 7.75. The minimum atomic E-state index is -0.680. The first-order valence-corrected chi connectivity index (χ1v) is 22.1. The van der Waals surface area contributed by atoms with Gasteiger partial charge in [-0.2, -0.15) is 0 Å². The van der Waals surface area contributed by atoms with Crippen molar-refractivity contribution in [2.45, 2.75) is 103 Å². The van der Waals surface area contributed by atoms with Crippen LogP contribution in [0, 0.1) is 29.1 Å². The zero-order valence-electron chi connectivity index (χ0n) is 36.4. The minimum Gasteiger partial charge on any atom is -0.453 e. The first kappa shape index (κ1) is 41.4. The van der Waals surface area contributed by atoms with Gasteiger partial charge in [-0.15, -0.1) is 0 Å². The van der Waals surface area contributed by atoms with Gasteiger partial charge in [0.05, 0.1) is 50.1 Å². The summed E-state index contributed by atoms with van der Waals surface area (Å²) in [4.78, 5) is 71.0. The fraction of sp³-hybridized carbons (Fsp3) is 0.469. The highest BCUT2D eigenvalue weighted by Crippen LogP contribution is 2.64. The van der Waals surface area contributed by atoms with Crippen LogP contribution in [0.25, 0.3) is 44.4 Å². The van der Waals surface area contributed by atoms with Gasteiger partial charge < -0.3 is 35.0 Å². The van der Waals surface area contributed by atoms with E-state index in [1.165, 1.54) is 14.2 Å². The molecule has 4 aliphatic rings. The number of benzene rings is 3. The van der Waals surface area contributed by atoms with Crippen molar-refractivity contribution in [2.75, 3.05) is 14.2 Å². The molecule has 7 atom stereocenters. The molecule has 3 heterocycles. The van der Waals surface area contributed by atoms with Crippen LogP contribution in [0.15, 0.2) is 73.1 Å².